The first-order valence-electron chi connectivity index (χ1n) is 6.20. The molecule has 1 aliphatic rings. The molecule has 0 aliphatic heterocycles. The highest BCUT2D eigenvalue weighted by atomic mass is 32.1. The fourth-order valence-corrected chi connectivity index (χ4v) is 2.40. The fraction of sp³-hybridized carbons (Fsp3) is 0.308. The molecule has 2 rings (SSSR count). The first-order valence-corrected chi connectivity index (χ1v) is 7.08. The number of nitrogens with one attached hydrogen (secondary N) is 1. The van der Waals surface area contributed by atoms with Crippen molar-refractivity contribution in [1.29, 1.82) is 0 Å². The SMILES string of the molecule is CCC(=O)O[C@]1(Nc2nc(C(F)(F)F)cs2)C=CC=CC1=O. The zero-order valence-electron chi connectivity index (χ0n) is 11.3. The standard InChI is InChI=1S/C13H11F3N2O3S/c1-2-10(20)21-12(6-4-3-5-9(12)19)18-11-17-8(7-22-11)13(14,15)16/h3-7H,2H2,1H3,(H,17,18)/t12-/m1/s1. The molecule has 9 heteroatoms. The van der Waals surface area contributed by atoms with Crippen LogP contribution in [-0.2, 0) is 20.5 Å². The van der Waals surface area contributed by atoms with E-state index in [1.165, 1.54) is 25.2 Å². The van der Waals surface area contributed by atoms with Crippen molar-refractivity contribution in [3.63, 3.8) is 0 Å². The number of ether oxygens (including phenoxy) is 1. The van der Waals surface area contributed by atoms with Crippen LogP contribution < -0.4 is 5.32 Å². The summed E-state index contributed by atoms with van der Waals surface area (Å²) in [4.78, 5) is 26.9. The van der Waals surface area contributed by atoms with Crippen molar-refractivity contribution >= 4 is 28.2 Å². The Kier molecular flexibility index (Phi) is 4.36. The molecule has 0 amide bonds. The fourth-order valence-electron chi connectivity index (χ4n) is 1.62. The summed E-state index contributed by atoms with van der Waals surface area (Å²) in [5.41, 5.74) is -2.96. The number of allylic oxidation sites excluding steroid dienone is 2. The molecule has 0 aromatic carbocycles. The maximum Gasteiger partial charge on any atom is 0.434 e. The van der Waals surface area contributed by atoms with Crippen LogP contribution in [-0.4, -0.2) is 22.5 Å². The molecule has 1 aliphatic carbocycles. The average Bonchev–Trinajstić information content (AvgIpc) is 2.90. The van der Waals surface area contributed by atoms with E-state index < -0.39 is 29.3 Å². The number of hydrogen-bond acceptors (Lipinski definition) is 6. The van der Waals surface area contributed by atoms with Gasteiger partial charge in [0.25, 0.3) is 5.72 Å². The van der Waals surface area contributed by atoms with Gasteiger partial charge in [0.2, 0.25) is 5.78 Å². The third-order valence-corrected chi connectivity index (χ3v) is 3.46. The van der Waals surface area contributed by atoms with Gasteiger partial charge in [-0.1, -0.05) is 19.1 Å². The van der Waals surface area contributed by atoms with Gasteiger partial charge >= 0.3 is 12.1 Å². The summed E-state index contributed by atoms with van der Waals surface area (Å²) in [5, 5.41) is 3.11. The Morgan fingerprint density at radius 3 is 2.73 bits per heavy atom. The van der Waals surface area contributed by atoms with Crippen molar-refractivity contribution in [2.45, 2.75) is 25.2 Å². The van der Waals surface area contributed by atoms with Crippen molar-refractivity contribution in [3.05, 3.63) is 35.4 Å². The molecule has 1 aromatic rings. The van der Waals surface area contributed by atoms with Gasteiger partial charge in [0, 0.05) is 11.8 Å². The molecule has 0 radical (unpaired) electrons. The van der Waals surface area contributed by atoms with Gasteiger partial charge in [0.1, 0.15) is 0 Å². The highest BCUT2D eigenvalue weighted by Crippen LogP contribution is 2.33. The number of aromatic nitrogens is 1. The zero-order valence-corrected chi connectivity index (χ0v) is 12.1. The molecule has 22 heavy (non-hydrogen) atoms. The van der Waals surface area contributed by atoms with Gasteiger partial charge in [-0.15, -0.1) is 11.3 Å². The number of anilines is 1. The normalized spacial score (nSPS) is 21.0. The summed E-state index contributed by atoms with van der Waals surface area (Å²) < 4.78 is 42.8. The number of halogens is 3. The number of hydrogen-bond donors (Lipinski definition) is 1. The van der Waals surface area contributed by atoms with Gasteiger partial charge in [-0.05, 0) is 12.2 Å². The van der Waals surface area contributed by atoms with Crippen LogP contribution in [0.1, 0.15) is 19.0 Å². The van der Waals surface area contributed by atoms with Crippen LogP contribution in [0.5, 0.6) is 0 Å². The number of rotatable bonds is 4. The number of carbonyl (C=O) groups is 2. The number of alkyl halides is 3. The molecule has 0 unspecified atom stereocenters. The molecular weight excluding hydrogens is 321 g/mol. The smallest absolute Gasteiger partial charge is 0.427 e. The van der Waals surface area contributed by atoms with Crippen molar-refractivity contribution < 1.29 is 27.5 Å². The van der Waals surface area contributed by atoms with Crippen molar-refractivity contribution in [2.24, 2.45) is 0 Å². The van der Waals surface area contributed by atoms with Gasteiger partial charge < -0.3 is 10.1 Å². The predicted molar refractivity (Wildman–Crippen MR) is 73.1 cm³/mol. The molecule has 0 spiro atoms. The third-order valence-electron chi connectivity index (χ3n) is 2.71. The largest absolute Gasteiger partial charge is 0.434 e. The monoisotopic (exact) mass is 332 g/mol. The molecular formula is C13H11F3N2O3S. The summed E-state index contributed by atoms with van der Waals surface area (Å²) in [5.74, 6) is -1.28. The highest BCUT2D eigenvalue weighted by molar-refractivity contribution is 7.13. The molecule has 1 N–H and O–H groups in total. The van der Waals surface area contributed by atoms with Crippen molar-refractivity contribution in [3.8, 4) is 0 Å². The lowest BCUT2D eigenvalue weighted by atomic mass is 10.0. The minimum atomic E-state index is -4.59. The van der Waals surface area contributed by atoms with Gasteiger partial charge in [-0.2, -0.15) is 13.2 Å². The molecule has 1 atom stereocenters. The Bertz CT molecular complexity index is 651. The molecule has 0 fully saturated rings. The predicted octanol–water partition coefficient (Wildman–Crippen LogP) is 2.92. The lowest BCUT2D eigenvalue weighted by molar-refractivity contribution is -0.158. The Labute approximate surface area is 127 Å². The van der Waals surface area contributed by atoms with Crippen LogP contribution in [0.25, 0.3) is 0 Å². The van der Waals surface area contributed by atoms with Crippen LogP contribution >= 0.6 is 11.3 Å². The van der Waals surface area contributed by atoms with Crippen LogP contribution in [0.15, 0.2) is 29.7 Å². The van der Waals surface area contributed by atoms with E-state index in [0.717, 1.165) is 11.5 Å². The molecule has 1 aromatic heterocycles. The highest BCUT2D eigenvalue weighted by Gasteiger charge is 2.41. The number of ketones is 1. The second kappa shape index (κ2) is 5.91. The van der Waals surface area contributed by atoms with Crippen LogP contribution in [0.3, 0.4) is 0 Å². The van der Waals surface area contributed by atoms with E-state index in [2.05, 4.69) is 10.3 Å². The van der Waals surface area contributed by atoms with Crippen LogP contribution in [0.2, 0.25) is 0 Å². The molecule has 1 heterocycles. The summed E-state index contributed by atoms with van der Waals surface area (Å²) in [6.45, 7) is 1.54. The summed E-state index contributed by atoms with van der Waals surface area (Å²) in [6, 6.07) is 0. The second-order valence-electron chi connectivity index (χ2n) is 4.31. The van der Waals surface area contributed by atoms with E-state index in [1.807, 2.05) is 0 Å². The summed E-state index contributed by atoms with van der Waals surface area (Å²) >= 11 is 0.662. The van der Waals surface area contributed by atoms with E-state index >= 15 is 0 Å². The van der Waals surface area contributed by atoms with E-state index in [0.29, 0.717) is 11.3 Å². The quantitative estimate of drug-likeness (QED) is 0.678. The topological polar surface area (TPSA) is 68.3 Å². The van der Waals surface area contributed by atoms with Gasteiger partial charge in [-0.25, -0.2) is 4.98 Å². The maximum absolute atomic E-state index is 12.6. The van der Waals surface area contributed by atoms with E-state index in [4.69, 9.17) is 4.74 Å². The first-order chi connectivity index (χ1) is 10.3. The summed E-state index contributed by atoms with van der Waals surface area (Å²) in [6.07, 6.45) is 0.738. The summed E-state index contributed by atoms with van der Waals surface area (Å²) in [7, 11) is 0. The van der Waals surface area contributed by atoms with Gasteiger partial charge in [-0.3, -0.25) is 9.59 Å². The van der Waals surface area contributed by atoms with Crippen molar-refractivity contribution in [2.75, 3.05) is 5.32 Å². The third kappa shape index (κ3) is 3.35. The minimum absolute atomic E-state index is 0.0138. The van der Waals surface area contributed by atoms with Crippen LogP contribution in [0.4, 0.5) is 18.3 Å². The average molecular weight is 332 g/mol. The van der Waals surface area contributed by atoms with E-state index in [9.17, 15) is 22.8 Å². The zero-order chi connectivity index (χ0) is 16.4. The Morgan fingerprint density at radius 2 is 2.18 bits per heavy atom. The Morgan fingerprint density at radius 1 is 1.45 bits per heavy atom. The lowest BCUT2D eigenvalue weighted by Gasteiger charge is -2.29. The molecule has 118 valence electrons. The number of carbonyl (C=O) groups excluding carboxylic acids is 2. The van der Waals surface area contributed by atoms with Gasteiger partial charge in [0.15, 0.2) is 10.8 Å². The maximum atomic E-state index is 12.6. The molecule has 0 bridgehead atoms. The second-order valence-corrected chi connectivity index (χ2v) is 5.16. The molecule has 0 saturated heterocycles. The Hall–Kier alpha value is -2.16. The number of nitrogens with zero attached hydrogens (tertiary/aromatic N) is 1. The lowest BCUT2D eigenvalue weighted by Crippen LogP contribution is -2.48. The number of thiazole rings is 1. The molecule has 0 saturated carbocycles. The Balaban J connectivity index is 2.29. The van der Waals surface area contributed by atoms with Crippen molar-refractivity contribution in [1.82, 2.24) is 4.98 Å². The number of esters is 1. The first kappa shape index (κ1) is 16.2. The van der Waals surface area contributed by atoms with E-state index in [1.54, 1.807) is 0 Å². The van der Waals surface area contributed by atoms with Gasteiger partial charge in [0.05, 0.1) is 0 Å². The van der Waals surface area contributed by atoms with E-state index in [-0.39, 0.29) is 11.6 Å². The van der Waals surface area contributed by atoms with Crippen LogP contribution in [0, 0.1) is 0 Å². The minimum Gasteiger partial charge on any atom is -0.427 e. The molecule has 5 nitrogen and oxygen atoms in total.